The van der Waals surface area contributed by atoms with Gasteiger partial charge in [-0.2, -0.15) is 0 Å². The van der Waals surface area contributed by atoms with Crippen molar-refractivity contribution >= 4 is 11.2 Å². The molecule has 0 unspecified atom stereocenters. The molecule has 32 heavy (non-hydrogen) atoms. The quantitative estimate of drug-likeness (QED) is 0.484. The lowest BCUT2D eigenvalue weighted by Gasteiger charge is -2.15. The molecule has 3 heterocycles. The first-order chi connectivity index (χ1) is 15.5. The lowest BCUT2D eigenvalue weighted by molar-refractivity contribution is 0.0950. The van der Waals surface area contributed by atoms with Crippen molar-refractivity contribution < 1.29 is 9.13 Å². The van der Waals surface area contributed by atoms with E-state index in [-0.39, 0.29) is 18.3 Å². The lowest BCUT2D eigenvalue weighted by Crippen LogP contribution is -2.42. The van der Waals surface area contributed by atoms with E-state index in [0.29, 0.717) is 24.4 Å². The van der Waals surface area contributed by atoms with Gasteiger partial charge in [-0.1, -0.05) is 24.3 Å². The van der Waals surface area contributed by atoms with Gasteiger partial charge in [0.25, 0.3) is 5.56 Å². The van der Waals surface area contributed by atoms with Gasteiger partial charge in [-0.15, -0.1) is 0 Å². The van der Waals surface area contributed by atoms with Crippen LogP contribution in [0.3, 0.4) is 0 Å². The monoisotopic (exact) mass is 434 g/mol. The van der Waals surface area contributed by atoms with Crippen LogP contribution in [0.5, 0.6) is 0 Å². The molecule has 4 aromatic rings. The number of rotatable bonds is 5. The first-order valence-electron chi connectivity index (χ1n) is 10.7. The van der Waals surface area contributed by atoms with Gasteiger partial charge in [-0.25, -0.2) is 18.7 Å². The van der Waals surface area contributed by atoms with Crippen LogP contribution in [0.25, 0.3) is 16.9 Å². The van der Waals surface area contributed by atoms with Crippen molar-refractivity contribution in [3.05, 3.63) is 92.6 Å². The van der Waals surface area contributed by atoms with Crippen LogP contribution < -0.4 is 11.2 Å². The van der Waals surface area contributed by atoms with E-state index < -0.39 is 17.1 Å². The fourth-order valence-electron chi connectivity index (χ4n) is 4.25. The second kappa shape index (κ2) is 8.20. The van der Waals surface area contributed by atoms with Crippen molar-refractivity contribution in [3.63, 3.8) is 0 Å². The van der Waals surface area contributed by atoms with Crippen molar-refractivity contribution in [3.8, 4) is 5.69 Å². The van der Waals surface area contributed by atoms with E-state index in [1.54, 1.807) is 10.9 Å². The van der Waals surface area contributed by atoms with Gasteiger partial charge in [-0.05, 0) is 55.2 Å². The Morgan fingerprint density at radius 3 is 2.62 bits per heavy atom. The zero-order valence-electron chi connectivity index (χ0n) is 17.7. The highest BCUT2D eigenvalue weighted by molar-refractivity contribution is 5.72. The van der Waals surface area contributed by atoms with Crippen molar-refractivity contribution in [2.45, 2.75) is 39.0 Å². The van der Waals surface area contributed by atoms with E-state index in [2.05, 4.69) is 4.98 Å². The van der Waals surface area contributed by atoms with Crippen LogP contribution in [0.15, 0.2) is 64.4 Å². The molecular weight excluding hydrogens is 411 g/mol. The van der Waals surface area contributed by atoms with E-state index in [0.717, 1.165) is 24.0 Å². The molecular formula is C24H23FN4O3. The van der Waals surface area contributed by atoms with Crippen LogP contribution in [0, 0.1) is 12.7 Å². The highest BCUT2D eigenvalue weighted by Crippen LogP contribution is 2.18. The Kier molecular flexibility index (Phi) is 5.22. The Hall–Kier alpha value is -3.52. The van der Waals surface area contributed by atoms with E-state index in [9.17, 15) is 14.0 Å². The van der Waals surface area contributed by atoms with Gasteiger partial charge in [0.1, 0.15) is 5.82 Å². The minimum absolute atomic E-state index is 0.171. The molecule has 5 rings (SSSR count). The highest BCUT2D eigenvalue weighted by Gasteiger charge is 2.23. The third-order valence-electron chi connectivity index (χ3n) is 6.00. The third kappa shape index (κ3) is 3.56. The summed E-state index contributed by atoms with van der Waals surface area (Å²) in [5, 5.41) is 0. The molecule has 1 aliphatic heterocycles. The normalized spacial score (nSPS) is 16.1. The van der Waals surface area contributed by atoms with Gasteiger partial charge in [0.2, 0.25) is 0 Å². The van der Waals surface area contributed by atoms with Crippen LogP contribution >= 0.6 is 0 Å². The summed E-state index contributed by atoms with van der Waals surface area (Å²) in [5.74, 6) is -0.407. The van der Waals surface area contributed by atoms with Gasteiger partial charge in [0.15, 0.2) is 11.2 Å². The Balaban J connectivity index is 1.73. The fourth-order valence-corrected chi connectivity index (χ4v) is 4.25. The van der Waals surface area contributed by atoms with Crippen LogP contribution in [-0.2, 0) is 17.8 Å². The summed E-state index contributed by atoms with van der Waals surface area (Å²) in [6.45, 7) is 3.25. The molecule has 164 valence electrons. The van der Waals surface area contributed by atoms with E-state index >= 15 is 0 Å². The third-order valence-corrected chi connectivity index (χ3v) is 6.00. The summed E-state index contributed by atoms with van der Waals surface area (Å²) in [6.07, 6.45) is 3.09. The topological polar surface area (TPSA) is 71.1 Å². The van der Waals surface area contributed by atoms with E-state index in [1.807, 2.05) is 31.2 Å². The number of nitrogens with zero attached hydrogens (tertiary/aromatic N) is 4. The molecule has 0 bridgehead atoms. The second-order valence-electron chi connectivity index (χ2n) is 8.12. The molecule has 8 heteroatoms. The second-order valence-corrected chi connectivity index (χ2v) is 8.12. The molecule has 0 amide bonds. The van der Waals surface area contributed by atoms with Gasteiger partial charge in [-0.3, -0.25) is 9.36 Å². The van der Waals surface area contributed by atoms with Gasteiger partial charge in [0, 0.05) is 13.2 Å². The Bertz CT molecular complexity index is 1400. The number of halogens is 1. The van der Waals surface area contributed by atoms with E-state index in [1.165, 1.54) is 33.4 Å². The molecule has 7 nitrogen and oxygen atoms in total. The zero-order valence-corrected chi connectivity index (χ0v) is 17.7. The maximum atomic E-state index is 13.5. The maximum Gasteiger partial charge on any atom is 0.337 e. The Morgan fingerprint density at radius 1 is 1.12 bits per heavy atom. The number of fused-ring (bicyclic) bond motifs is 1. The van der Waals surface area contributed by atoms with Crippen molar-refractivity contribution in [1.29, 1.82) is 0 Å². The molecule has 0 N–H and O–H groups in total. The predicted molar refractivity (Wildman–Crippen MR) is 119 cm³/mol. The van der Waals surface area contributed by atoms with Crippen molar-refractivity contribution in [2.24, 2.45) is 0 Å². The summed E-state index contributed by atoms with van der Waals surface area (Å²) >= 11 is 0. The molecule has 1 atom stereocenters. The summed E-state index contributed by atoms with van der Waals surface area (Å²) < 4.78 is 23.6. The molecule has 0 radical (unpaired) electrons. The molecule has 0 aliphatic carbocycles. The molecule has 0 saturated carbocycles. The largest absolute Gasteiger partial charge is 0.376 e. The van der Waals surface area contributed by atoms with Gasteiger partial charge in [0.05, 0.1) is 24.7 Å². The smallest absolute Gasteiger partial charge is 0.337 e. The maximum absolute atomic E-state index is 13.5. The number of aromatic nitrogens is 4. The van der Waals surface area contributed by atoms with E-state index in [4.69, 9.17) is 4.74 Å². The van der Waals surface area contributed by atoms with Crippen LogP contribution in [0.4, 0.5) is 4.39 Å². The van der Waals surface area contributed by atoms with Crippen molar-refractivity contribution in [1.82, 2.24) is 18.7 Å². The summed E-state index contributed by atoms with van der Waals surface area (Å²) in [7, 11) is 0. The number of ether oxygens (including phenoxy) is 1. The fraction of sp³-hybridized carbons (Fsp3) is 0.292. The predicted octanol–water partition coefficient (Wildman–Crippen LogP) is 3.02. The minimum atomic E-state index is -0.509. The number of hydrogen-bond acceptors (Lipinski definition) is 4. The molecule has 2 aromatic heterocycles. The summed E-state index contributed by atoms with van der Waals surface area (Å²) in [4.78, 5) is 31.4. The summed E-state index contributed by atoms with van der Waals surface area (Å²) in [6, 6.07) is 13.5. The number of aryl methyl sites for hydroxylation is 1. The lowest BCUT2D eigenvalue weighted by atomic mass is 10.1. The Labute approximate surface area is 183 Å². The standard InChI is InChI=1S/C24H23FN4O3/c1-16-5-2-3-6-17(16)13-27-15-26-22-21(27)23(30)28(14-20-7-4-12-32-20)24(31)29(22)19-10-8-18(25)9-11-19/h2-3,5-6,8-11,15,20H,4,7,12-14H2,1H3/t20-/m1/s1. The average molecular weight is 434 g/mol. The molecule has 0 spiro atoms. The summed E-state index contributed by atoms with van der Waals surface area (Å²) in [5.41, 5.74) is 2.27. The van der Waals surface area contributed by atoms with Crippen LogP contribution in [-0.4, -0.2) is 31.4 Å². The number of hydrogen-bond donors (Lipinski definition) is 0. The molecule has 1 aliphatic rings. The van der Waals surface area contributed by atoms with Gasteiger partial charge < -0.3 is 9.30 Å². The van der Waals surface area contributed by atoms with Crippen LogP contribution in [0.2, 0.25) is 0 Å². The minimum Gasteiger partial charge on any atom is -0.376 e. The first kappa shape index (κ1) is 20.4. The average Bonchev–Trinajstić information content (AvgIpc) is 3.44. The number of benzene rings is 2. The van der Waals surface area contributed by atoms with Gasteiger partial charge >= 0.3 is 5.69 Å². The SMILES string of the molecule is Cc1ccccc1Cn1cnc2c1c(=O)n(C[C@H]1CCCO1)c(=O)n2-c1ccc(F)cc1. The number of imidazole rings is 1. The van der Waals surface area contributed by atoms with Crippen LogP contribution in [0.1, 0.15) is 24.0 Å². The molecule has 2 aromatic carbocycles. The first-order valence-corrected chi connectivity index (χ1v) is 10.7. The Morgan fingerprint density at radius 2 is 1.91 bits per heavy atom. The molecule has 1 saturated heterocycles. The highest BCUT2D eigenvalue weighted by atomic mass is 19.1. The van der Waals surface area contributed by atoms with Crippen molar-refractivity contribution in [2.75, 3.05) is 6.61 Å². The zero-order chi connectivity index (χ0) is 22.2. The molecule has 1 fully saturated rings.